The second-order valence-corrected chi connectivity index (χ2v) is 12.5. The molecule has 0 radical (unpaired) electrons. The third-order valence-electron chi connectivity index (χ3n) is 8.22. The normalized spacial score (nSPS) is 10.8. The highest BCUT2D eigenvalue weighted by Crippen LogP contribution is 2.25. The van der Waals surface area contributed by atoms with Crippen molar-refractivity contribution in [1.82, 2.24) is 4.90 Å². The fraction of sp³-hybridized carbons (Fsp3) is 0.615. The molecule has 0 saturated carbocycles. The van der Waals surface area contributed by atoms with E-state index in [1.54, 1.807) is 13.2 Å². The van der Waals surface area contributed by atoms with Gasteiger partial charge in [0.1, 0.15) is 36.1 Å². The molecule has 10 nitrogen and oxygen atoms in total. The zero-order chi connectivity index (χ0) is 35.5. The minimum atomic E-state index is -1.31. The van der Waals surface area contributed by atoms with Crippen molar-refractivity contribution >= 4 is 17.8 Å². The first kappa shape index (κ1) is 41.2. The molecule has 0 bridgehead atoms. The Bertz CT molecular complexity index is 1190. The summed E-state index contributed by atoms with van der Waals surface area (Å²) in [5.41, 5.74) is 0.0939. The Labute approximate surface area is 293 Å². The van der Waals surface area contributed by atoms with Crippen LogP contribution in [0.15, 0.2) is 42.5 Å². The van der Waals surface area contributed by atoms with E-state index >= 15 is 0 Å². The van der Waals surface area contributed by atoms with Crippen LogP contribution in [0, 0.1) is 0 Å². The Kier molecular flexibility index (Phi) is 21.9. The molecule has 2 aromatic rings. The number of carbonyl (C=O) groups excluding carboxylic acids is 1. The zero-order valence-electron chi connectivity index (χ0n) is 29.8. The van der Waals surface area contributed by atoms with Crippen molar-refractivity contribution in [3.05, 3.63) is 48.0 Å². The predicted molar refractivity (Wildman–Crippen MR) is 191 cm³/mol. The highest BCUT2D eigenvalue weighted by atomic mass is 16.5. The van der Waals surface area contributed by atoms with Crippen LogP contribution in [0.25, 0.3) is 0 Å². The molecule has 49 heavy (non-hydrogen) atoms. The van der Waals surface area contributed by atoms with Crippen molar-refractivity contribution in [2.75, 3.05) is 40.0 Å². The standard InChI is InChI=1S/C39H59NO9/c1-3-4-5-6-7-8-9-10-11-12-13-14-15-16-17-18-24-48-35-27-32(39(45)40(30-37(41)42)31-38(43)44)28-36(29-35)49-26-19-25-47-34-22-20-33(46-2)21-23-34/h20-23,27-29H,3-19,24-26,30-31H2,1-2H3,(H,41,42)(H,43,44). The summed E-state index contributed by atoms with van der Waals surface area (Å²) in [6.45, 7) is 1.93. The van der Waals surface area contributed by atoms with Crippen LogP contribution in [0.5, 0.6) is 23.0 Å². The first-order valence-electron chi connectivity index (χ1n) is 18.2. The van der Waals surface area contributed by atoms with Gasteiger partial charge in [-0.2, -0.15) is 0 Å². The van der Waals surface area contributed by atoms with Crippen LogP contribution in [0.3, 0.4) is 0 Å². The van der Waals surface area contributed by atoms with Crippen LogP contribution in [0.4, 0.5) is 0 Å². The van der Waals surface area contributed by atoms with Gasteiger partial charge in [0, 0.05) is 18.1 Å². The van der Waals surface area contributed by atoms with E-state index in [4.69, 9.17) is 18.9 Å². The van der Waals surface area contributed by atoms with Gasteiger partial charge in [-0.3, -0.25) is 14.4 Å². The molecule has 0 aliphatic heterocycles. The van der Waals surface area contributed by atoms with Gasteiger partial charge >= 0.3 is 11.9 Å². The summed E-state index contributed by atoms with van der Waals surface area (Å²) in [6, 6.07) is 11.9. The first-order valence-corrected chi connectivity index (χ1v) is 18.2. The van der Waals surface area contributed by atoms with E-state index < -0.39 is 30.9 Å². The summed E-state index contributed by atoms with van der Waals surface area (Å²) >= 11 is 0. The number of hydrogen-bond acceptors (Lipinski definition) is 7. The monoisotopic (exact) mass is 685 g/mol. The fourth-order valence-electron chi connectivity index (χ4n) is 5.52. The van der Waals surface area contributed by atoms with Crippen molar-refractivity contribution < 1.29 is 43.5 Å². The zero-order valence-corrected chi connectivity index (χ0v) is 29.8. The molecule has 274 valence electrons. The van der Waals surface area contributed by atoms with E-state index in [1.165, 1.54) is 95.6 Å². The molecule has 2 N–H and O–H groups in total. The number of carboxylic acids is 2. The van der Waals surface area contributed by atoms with Crippen molar-refractivity contribution in [2.24, 2.45) is 0 Å². The highest BCUT2D eigenvalue weighted by molar-refractivity contribution is 5.98. The second kappa shape index (κ2) is 26.0. The Hall–Kier alpha value is -3.95. The van der Waals surface area contributed by atoms with Crippen molar-refractivity contribution in [1.29, 1.82) is 0 Å². The number of nitrogens with zero attached hydrogens (tertiary/aromatic N) is 1. The van der Waals surface area contributed by atoms with E-state index in [0.717, 1.165) is 29.9 Å². The maximum Gasteiger partial charge on any atom is 0.323 e. The smallest absolute Gasteiger partial charge is 0.323 e. The third kappa shape index (κ3) is 19.6. The van der Waals surface area contributed by atoms with Gasteiger partial charge < -0.3 is 34.1 Å². The summed E-state index contributed by atoms with van der Waals surface area (Å²) in [5.74, 6) is -1.13. The number of carboxylic acid groups (broad SMARTS) is 2. The molecule has 0 saturated heterocycles. The fourth-order valence-corrected chi connectivity index (χ4v) is 5.52. The van der Waals surface area contributed by atoms with E-state index in [2.05, 4.69) is 6.92 Å². The Balaban J connectivity index is 1.78. The molecule has 0 heterocycles. The van der Waals surface area contributed by atoms with Gasteiger partial charge in [0.25, 0.3) is 5.91 Å². The van der Waals surface area contributed by atoms with Crippen molar-refractivity contribution in [3.63, 3.8) is 0 Å². The summed E-state index contributed by atoms with van der Waals surface area (Å²) in [5, 5.41) is 18.5. The molecule has 0 unspecified atom stereocenters. The van der Waals surface area contributed by atoms with Crippen molar-refractivity contribution in [2.45, 2.75) is 116 Å². The maximum absolute atomic E-state index is 13.2. The van der Waals surface area contributed by atoms with E-state index in [9.17, 15) is 24.6 Å². The lowest BCUT2D eigenvalue weighted by molar-refractivity contribution is -0.140. The number of hydrogen-bond donors (Lipinski definition) is 2. The van der Waals surface area contributed by atoms with Gasteiger partial charge in [-0.05, 0) is 42.8 Å². The highest BCUT2D eigenvalue weighted by Gasteiger charge is 2.22. The van der Waals surface area contributed by atoms with Crippen LogP contribution in [0.1, 0.15) is 126 Å². The number of rotatable bonds is 30. The van der Waals surface area contributed by atoms with Gasteiger partial charge in [0.15, 0.2) is 0 Å². The number of ether oxygens (including phenoxy) is 4. The van der Waals surface area contributed by atoms with Gasteiger partial charge in [0.2, 0.25) is 0 Å². The van der Waals surface area contributed by atoms with Crippen LogP contribution in [-0.2, 0) is 9.59 Å². The Morgan fingerprint density at radius 3 is 1.35 bits per heavy atom. The Morgan fingerprint density at radius 2 is 0.918 bits per heavy atom. The third-order valence-corrected chi connectivity index (χ3v) is 8.22. The van der Waals surface area contributed by atoms with E-state index in [1.807, 2.05) is 24.3 Å². The maximum atomic E-state index is 13.2. The largest absolute Gasteiger partial charge is 0.497 e. The number of benzene rings is 2. The van der Waals surface area contributed by atoms with Gasteiger partial charge in [-0.1, -0.05) is 103 Å². The number of unbranched alkanes of at least 4 members (excludes halogenated alkanes) is 15. The second-order valence-electron chi connectivity index (χ2n) is 12.5. The van der Waals surface area contributed by atoms with E-state index in [-0.39, 0.29) is 5.56 Å². The van der Waals surface area contributed by atoms with Crippen molar-refractivity contribution in [3.8, 4) is 23.0 Å². The SMILES string of the molecule is CCCCCCCCCCCCCCCCCCOc1cc(OCCCOc2ccc(OC)cc2)cc(C(=O)N(CC(=O)O)CC(=O)O)c1. The lowest BCUT2D eigenvalue weighted by Crippen LogP contribution is -2.39. The summed E-state index contributed by atoms with van der Waals surface area (Å²) in [6.07, 6.45) is 21.0. The molecule has 0 aliphatic carbocycles. The number of methoxy groups -OCH3 is 1. The average Bonchev–Trinajstić information content (AvgIpc) is 3.08. The molecule has 2 rings (SSSR count). The van der Waals surface area contributed by atoms with Crippen LogP contribution in [-0.4, -0.2) is 73.0 Å². The first-order chi connectivity index (χ1) is 23.8. The molecule has 0 aliphatic rings. The molecule has 0 fully saturated rings. The summed E-state index contributed by atoms with van der Waals surface area (Å²) in [4.78, 5) is 36.6. The lowest BCUT2D eigenvalue weighted by Gasteiger charge is -2.19. The minimum Gasteiger partial charge on any atom is -0.497 e. The van der Waals surface area contributed by atoms with Gasteiger partial charge in [-0.15, -0.1) is 0 Å². The number of amides is 1. The van der Waals surface area contributed by atoms with Gasteiger partial charge in [0.05, 0.1) is 26.9 Å². The molecule has 0 atom stereocenters. The van der Waals surface area contributed by atoms with Crippen LogP contribution >= 0.6 is 0 Å². The molecular formula is C39H59NO9. The van der Waals surface area contributed by atoms with Gasteiger partial charge in [-0.25, -0.2) is 0 Å². The summed E-state index contributed by atoms with van der Waals surface area (Å²) in [7, 11) is 1.60. The Morgan fingerprint density at radius 1 is 0.531 bits per heavy atom. The molecule has 2 aromatic carbocycles. The molecule has 0 spiro atoms. The average molecular weight is 686 g/mol. The molecule has 10 heteroatoms. The molecule has 0 aromatic heterocycles. The topological polar surface area (TPSA) is 132 Å². The van der Waals surface area contributed by atoms with Crippen LogP contribution in [0.2, 0.25) is 0 Å². The predicted octanol–water partition coefficient (Wildman–Crippen LogP) is 8.79. The molecular weight excluding hydrogens is 626 g/mol. The number of carbonyl (C=O) groups is 3. The van der Waals surface area contributed by atoms with E-state index in [0.29, 0.717) is 43.5 Å². The number of aliphatic carboxylic acids is 2. The quantitative estimate of drug-likeness (QED) is 0.0775. The lowest BCUT2D eigenvalue weighted by atomic mass is 10.0. The minimum absolute atomic E-state index is 0.0939. The van der Waals surface area contributed by atoms with Crippen LogP contribution < -0.4 is 18.9 Å². The summed E-state index contributed by atoms with van der Waals surface area (Å²) < 4.78 is 22.8. The molecule has 1 amide bonds.